The van der Waals surface area contributed by atoms with Crippen molar-refractivity contribution in [2.24, 2.45) is 0 Å². The molecule has 0 aromatic carbocycles. The van der Waals surface area contributed by atoms with Crippen molar-refractivity contribution >= 4 is 0 Å². The quantitative estimate of drug-likeness (QED) is 0.378. The van der Waals surface area contributed by atoms with E-state index in [0.717, 1.165) is 13.0 Å². The normalized spacial score (nSPS) is 10.9. The van der Waals surface area contributed by atoms with Crippen molar-refractivity contribution in [2.75, 3.05) is 6.61 Å². The number of hydrogen-bond donors (Lipinski definition) is 0. The lowest BCUT2D eigenvalue weighted by Gasteiger charge is -2.03. The molecule has 0 aromatic rings. The average molecular weight is 227 g/mol. The van der Waals surface area contributed by atoms with E-state index in [1.165, 1.54) is 64.2 Å². The summed E-state index contributed by atoms with van der Waals surface area (Å²) in [6.45, 7) is 7.46. The molecule has 0 spiro atoms. The van der Waals surface area contributed by atoms with Gasteiger partial charge < -0.3 is 4.74 Å². The Hall–Kier alpha value is -0.0400. The second-order valence-electron chi connectivity index (χ2n) is 4.65. The van der Waals surface area contributed by atoms with Crippen molar-refractivity contribution in [1.82, 2.24) is 0 Å². The smallest absolute Gasteiger partial charge is 0.0836 e. The molecule has 16 heavy (non-hydrogen) atoms. The van der Waals surface area contributed by atoms with Gasteiger partial charge in [-0.3, -0.25) is 0 Å². The summed E-state index contributed by atoms with van der Waals surface area (Å²) in [6.07, 6.45) is 14.5. The Bertz CT molecular complexity index is 98.0. The maximum absolute atomic E-state index is 5.50. The first-order chi connectivity index (χ1) is 7.91. The average Bonchev–Trinajstić information content (AvgIpc) is 2.31. The van der Waals surface area contributed by atoms with Gasteiger partial charge in [0.15, 0.2) is 0 Å². The fourth-order valence-corrected chi connectivity index (χ4v) is 1.79. The van der Waals surface area contributed by atoms with Crippen molar-refractivity contribution in [3.8, 4) is 0 Å². The van der Waals surface area contributed by atoms with E-state index in [1.54, 1.807) is 0 Å². The van der Waals surface area contributed by atoms with Crippen molar-refractivity contribution < 1.29 is 4.74 Å². The molecule has 0 amide bonds. The highest BCUT2D eigenvalue weighted by atomic mass is 16.5. The SMILES string of the molecule is CCCCCC[CH]OCCCCCCCC. The van der Waals surface area contributed by atoms with Gasteiger partial charge in [0.05, 0.1) is 6.61 Å². The Morgan fingerprint density at radius 3 is 1.94 bits per heavy atom. The van der Waals surface area contributed by atoms with Crippen LogP contribution in [0.2, 0.25) is 0 Å². The molecule has 0 aliphatic carbocycles. The molecule has 0 rings (SSSR count). The van der Waals surface area contributed by atoms with E-state index < -0.39 is 0 Å². The minimum atomic E-state index is 0.930. The van der Waals surface area contributed by atoms with E-state index in [9.17, 15) is 0 Å². The monoisotopic (exact) mass is 227 g/mol. The van der Waals surface area contributed by atoms with Crippen LogP contribution in [0.15, 0.2) is 0 Å². The maximum Gasteiger partial charge on any atom is 0.0836 e. The summed E-state index contributed by atoms with van der Waals surface area (Å²) in [4.78, 5) is 0. The van der Waals surface area contributed by atoms with Crippen LogP contribution in [-0.2, 0) is 4.74 Å². The van der Waals surface area contributed by atoms with E-state index in [2.05, 4.69) is 13.8 Å². The molecular formula is C15H31O. The van der Waals surface area contributed by atoms with Crippen LogP contribution in [0, 0.1) is 6.61 Å². The van der Waals surface area contributed by atoms with Crippen molar-refractivity contribution in [2.45, 2.75) is 84.5 Å². The molecule has 97 valence electrons. The molecule has 0 atom stereocenters. The van der Waals surface area contributed by atoms with Crippen LogP contribution in [-0.4, -0.2) is 6.61 Å². The Morgan fingerprint density at radius 2 is 1.25 bits per heavy atom. The van der Waals surface area contributed by atoms with Crippen molar-refractivity contribution in [3.05, 3.63) is 6.61 Å². The van der Waals surface area contributed by atoms with Gasteiger partial charge in [0.1, 0.15) is 0 Å². The first-order valence-electron chi connectivity index (χ1n) is 7.35. The van der Waals surface area contributed by atoms with Crippen LogP contribution in [0.5, 0.6) is 0 Å². The molecule has 0 saturated carbocycles. The third-order valence-corrected chi connectivity index (χ3v) is 2.91. The summed E-state index contributed by atoms with van der Waals surface area (Å²) in [6, 6.07) is 0. The summed E-state index contributed by atoms with van der Waals surface area (Å²) in [5.41, 5.74) is 0. The van der Waals surface area contributed by atoms with Crippen LogP contribution in [0.3, 0.4) is 0 Å². The molecule has 0 aromatic heterocycles. The van der Waals surface area contributed by atoms with E-state index in [4.69, 9.17) is 4.74 Å². The number of ether oxygens (including phenoxy) is 1. The Labute approximate surface area is 103 Å². The van der Waals surface area contributed by atoms with Gasteiger partial charge in [-0.15, -0.1) is 0 Å². The van der Waals surface area contributed by atoms with Gasteiger partial charge >= 0.3 is 0 Å². The second-order valence-corrected chi connectivity index (χ2v) is 4.65. The molecule has 0 N–H and O–H groups in total. The van der Waals surface area contributed by atoms with Gasteiger partial charge in [0.2, 0.25) is 0 Å². The zero-order chi connectivity index (χ0) is 11.9. The lowest BCUT2D eigenvalue weighted by atomic mass is 10.1. The highest BCUT2D eigenvalue weighted by Gasteiger charge is 1.92. The molecule has 0 unspecified atom stereocenters. The summed E-state index contributed by atoms with van der Waals surface area (Å²) in [7, 11) is 0. The summed E-state index contributed by atoms with van der Waals surface area (Å²) >= 11 is 0. The van der Waals surface area contributed by atoms with Gasteiger partial charge in [0.25, 0.3) is 0 Å². The molecule has 0 saturated heterocycles. The maximum atomic E-state index is 5.50. The number of rotatable bonds is 13. The lowest BCUT2D eigenvalue weighted by Crippen LogP contribution is -1.92. The van der Waals surface area contributed by atoms with Crippen molar-refractivity contribution in [3.63, 3.8) is 0 Å². The van der Waals surface area contributed by atoms with Crippen LogP contribution in [0.4, 0.5) is 0 Å². The fourth-order valence-electron chi connectivity index (χ4n) is 1.79. The van der Waals surface area contributed by atoms with E-state index in [1.807, 2.05) is 6.61 Å². The Morgan fingerprint density at radius 1 is 0.688 bits per heavy atom. The standard InChI is InChI=1S/C15H31O/c1-3-5-7-9-11-13-15-16-14-12-10-8-6-4-2/h14H,3-13,15H2,1-2H3. The first-order valence-corrected chi connectivity index (χ1v) is 7.35. The molecule has 0 aliphatic heterocycles. The fraction of sp³-hybridized carbons (Fsp3) is 0.933. The van der Waals surface area contributed by atoms with Crippen LogP contribution in [0.1, 0.15) is 84.5 Å². The molecule has 0 bridgehead atoms. The summed E-state index contributed by atoms with van der Waals surface area (Å²) in [5, 5.41) is 0. The zero-order valence-corrected chi connectivity index (χ0v) is 11.5. The number of hydrogen-bond acceptors (Lipinski definition) is 1. The first kappa shape index (κ1) is 16.0. The topological polar surface area (TPSA) is 9.23 Å². The van der Waals surface area contributed by atoms with Crippen molar-refractivity contribution in [1.29, 1.82) is 0 Å². The zero-order valence-electron chi connectivity index (χ0n) is 11.5. The lowest BCUT2D eigenvalue weighted by molar-refractivity contribution is 0.183. The molecule has 0 fully saturated rings. The predicted octanol–water partition coefficient (Wildman–Crippen LogP) is 5.50. The van der Waals surface area contributed by atoms with Crippen LogP contribution >= 0.6 is 0 Å². The van der Waals surface area contributed by atoms with E-state index >= 15 is 0 Å². The van der Waals surface area contributed by atoms with Gasteiger partial charge in [-0.25, -0.2) is 0 Å². The van der Waals surface area contributed by atoms with E-state index in [-0.39, 0.29) is 0 Å². The Kier molecular flexibility index (Phi) is 14.9. The van der Waals surface area contributed by atoms with E-state index in [0.29, 0.717) is 0 Å². The number of unbranched alkanes of at least 4 members (excludes halogenated alkanes) is 9. The largest absolute Gasteiger partial charge is 0.376 e. The molecular weight excluding hydrogens is 196 g/mol. The minimum Gasteiger partial charge on any atom is -0.376 e. The van der Waals surface area contributed by atoms with Gasteiger partial charge in [0, 0.05) is 6.61 Å². The highest BCUT2D eigenvalue weighted by molar-refractivity contribution is 4.52. The summed E-state index contributed by atoms with van der Waals surface area (Å²) in [5.74, 6) is 0. The third kappa shape index (κ3) is 14.0. The summed E-state index contributed by atoms with van der Waals surface area (Å²) < 4.78 is 5.50. The van der Waals surface area contributed by atoms with Gasteiger partial charge in [-0.05, 0) is 12.8 Å². The third-order valence-electron chi connectivity index (χ3n) is 2.91. The minimum absolute atomic E-state index is 0.930. The van der Waals surface area contributed by atoms with Gasteiger partial charge in [-0.1, -0.05) is 71.6 Å². The Balaban J connectivity index is 2.83. The molecule has 0 aliphatic rings. The van der Waals surface area contributed by atoms with Crippen LogP contribution < -0.4 is 0 Å². The highest BCUT2D eigenvalue weighted by Crippen LogP contribution is 2.07. The molecule has 0 heterocycles. The second kappa shape index (κ2) is 15.0. The van der Waals surface area contributed by atoms with Gasteiger partial charge in [-0.2, -0.15) is 0 Å². The molecule has 1 nitrogen and oxygen atoms in total. The predicted molar refractivity (Wildman–Crippen MR) is 72.4 cm³/mol. The molecule has 1 radical (unpaired) electrons. The molecule has 1 heteroatoms. The van der Waals surface area contributed by atoms with Crippen LogP contribution in [0.25, 0.3) is 0 Å².